The van der Waals surface area contributed by atoms with Gasteiger partial charge in [0.25, 0.3) is 0 Å². The van der Waals surface area contributed by atoms with E-state index >= 15 is 0 Å². The highest BCUT2D eigenvalue weighted by Crippen LogP contribution is 2.25. The smallest absolute Gasteiger partial charge is 0.194 e. The summed E-state index contributed by atoms with van der Waals surface area (Å²) < 4.78 is 6.15. The molecule has 0 saturated carbocycles. The Balaban J connectivity index is 0.00000289. The predicted octanol–water partition coefficient (Wildman–Crippen LogP) is 3.03. The van der Waals surface area contributed by atoms with Crippen LogP contribution < -0.4 is 5.32 Å². The highest BCUT2D eigenvalue weighted by Gasteiger charge is 2.41. The summed E-state index contributed by atoms with van der Waals surface area (Å²) in [6.45, 7) is 6.29. The van der Waals surface area contributed by atoms with E-state index < -0.39 is 0 Å². The fourth-order valence-electron chi connectivity index (χ4n) is 4.68. The quantitative estimate of drug-likeness (QED) is 0.341. The normalized spacial score (nSPS) is 21.4. The van der Waals surface area contributed by atoms with E-state index in [0.29, 0.717) is 6.04 Å². The minimum absolute atomic E-state index is 0. The van der Waals surface area contributed by atoms with Gasteiger partial charge in [0.1, 0.15) is 0 Å². The summed E-state index contributed by atoms with van der Waals surface area (Å²) in [7, 11) is 6.09. The van der Waals surface area contributed by atoms with E-state index in [4.69, 9.17) is 4.74 Å². The highest BCUT2D eigenvalue weighted by atomic mass is 127. The van der Waals surface area contributed by atoms with Gasteiger partial charge < -0.3 is 19.9 Å². The van der Waals surface area contributed by atoms with Crippen molar-refractivity contribution in [3.8, 4) is 0 Å². The number of hydrogen-bond acceptors (Lipinski definition) is 4. The SMILES string of the molecule is CN=C(NCc1ccccc1CN(C)C)N1CC2OCCN(Cc3ccccc3)C2C1.I. The molecule has 0 radical (unpaired) electrons. The Morgan fingerprint density at radius 3 is 2.50 bits per heavy atom. The first-order valence-corrected chi connectivity index (χ1v) is 11.2. The number of likely N-dealkylation sites (tertiary alicyclic amines) is 1. The molecule has 0 aromatic heterocycles. The summed E-state index contributed by atoms with van der Waals surface area (Å²) >= 11 is 0. The third-order valence-electron chi connectivity index (χ3n) is 6.20. The molecule has 2 atom stereocenters. The molecule has 1 N–H and O–H groups in total. The molecule has 0 spiro atoms. The van der Waals surface area contributed by atoms with Crippen LogP contribution in [0.4, 0.5) is 0 Å². The van der Waals surface area contributed by atoms with E-state index in [9.17, 15) is 0 Å². The number of halogens is 1. The lowest BCUT2D eigenvalue weighted by Gasteiger charge is -2.36. The lowest BCUT2D eigenvalue weighted by Crippen LogP contribution is -2.50. The molecule has 0 bridgehead atoms. The van der Waals surface area contributed by atoms with E-state index in [2.05, 4.69) is 93.7 Å². The van der Waals surface area contributed by atoms with Crippen LogP contribution in [-0.4, -0.2) is 80.2 Å². The number of nitrogens with zero attached hydrogens (tertiary/aromatic N) is 4. The predicted molar refractivity (Wildman–Crippen MR) is 141 cm³/mol. The summed E-state index contributed by atoms with van der Waals surface area (Å²) in [4.78, 5) is 11.7. The molecule has 2 heterocycles. The largest absolute Gasteiger partial charge is 0.373 e. The van der Waals surface area contributed by atoms with Crippen LogP contribution in [0.15, 0.2) is 59.6 Å². The van der Waals surface area contributed by atoms with Crippen molar-refractivity contribution in [3.63, 3.8) is 0 Å². The molecule has 174 valence electrons. The van der Waals surface area contributed by atoms with Crippen molar-refractivity contribution < 1.29 is 4.74 Å². The summed E-state index contributed by atoms with van der Waals surface area (Å²) in [5.74, 6) is 0.956. The first-order chi connectivity index (χ1) is 15.1. The van der Waals surface area contributed by atoms with E-state index in [1.54, 1.807) is 0 Å². The van der Waals surface area contributed by atoms with Crippen molar-refractivity contribution in [3.05, 3.63) is 71.3 Å². The van der Waals surface area contributed by atoms with Gasteiger partial charge in [0.15, 0.2) is 5.96 Å². The van der Waals surface area contributed by atoms with Crippen molar-refractivity contribution in [1.29, 1.82) is 0 Å². The second kappa shape index (κ2) is 12.0. The molecule has 2 fully saturated rings. The second-order valence-electron chi connectivity index (χ2n) is 8.74. The van der Waals surface area contributed by atoms with E-state index in [1.165, 1.54) is 16.7 Å². The minimum Gasteiger partial charge on any atom is -0.373 e. The lowest BCUT2D eigenvalue weighted by molar-refractivity contribution is -0.0502. The zero-order valence-electron chi connectivity index (χ0n) is 19.4. The van der Waals surface area contributed by atoms with Crippen LogP contribution in [0.1, 0.15) is 16.7 Å². The zero-order chi connectivity index (χ0) is 21.6. The van der Waals surface area contributed by atoms with Gasteiger partial charge in [0.05, 0.1) is 18.8 Å². The van der Waals surface area contributed by atoms with Gasteiger partial charge in [-0.25, -0.2) is 0 Å². The number of morpholine rings is 1. The molecule has 2 unspecified atom stereocenters. The van der Waals surface area contributed by atoms with Gasteiger partial charge in [-0.05, 0) is 30.8 Å². The molecular weight excluding hydrogens is 513 g/mol. The third kappa shape index (κ3) is 6.21. The minimum atomic E-state index is 0. The van der Waals surface area contributed by atoms with Gasteiger partial charge in [-0.1, -0.05) is 54.6 Å². The standard InChI is InChI=1S/C25H35N5O.HI/c1-26-25(27-15-21-11-7-8-12-22(21)17-28(2)3)30-18-23-24(19-30)31-14-13-29(23)16-20-9-5-4-6-10-20;/h4-12,23-24H,13-19H2,1-3H3,(H,26,27);1H. The number of aliphatic imine (C=N–C) groups is 1. The molecule has 32 heavy (non-hydrogen) atoms. The molecule has 6 nitrogen and oxygen atoms in total. The average molecular weight is 550 g/mol. The van der Waals surface area contributed by atoms with Crippen molar-refractivity contribution in [1.82, 2.24) is 20.0 Å². The Kier molecular flexibility index (Phi) is 9.34. The van der Waals surface area contributed by atoms with E-state index in [-0.39, 0.29) is 30.1 Å². The van der Waals surface area contributed by atoms with Crippen LogP contribution in [0.3, 0.4) is 0 Å². The number of nitrogens with one attached hydrogen (secondary N) is 1. The number of guanidine groups is 1. The molecule has 2 aliphatic rings. The van der Waals surface area contributed by atoms with Crippen LogP contribution in [0, 0.1) is 0 Å². The molecule has 2 aliphatic heterocycles. The average Bonchev–Trinajstić information content (AvgIpc) is 3.21. The molecule has 7 heteroatoms. The monoisotopic (exact) mass is 549 g/mol. The number of fused-ring (bicyclic) bond motifs is 1. The lowest BCUT2D eigenvalue weighted by atomic mass is 10.1. The molecular formula is C25H36IN5O. The first kappa shape index (κ1) is 25.0. The molecule has 2 aromatic rings. The van der Waals surface area contributed by atoms with Crippen LogP contribution in [0.2, 0.25) is 0 Å². The fourth-order valence-corrected chi connectivity index (χ4v) is 4.68. The van der Waals surface area contributed by atoms with Gasteiger partial charge in [-0.15, -0.1) is 24.0 Å². The Bertz CT molecular complexity index is 876. The van der Waals surface area contributed by atoms with Crippen LogP contribution >= 0.6 is 24.0 Å². The Labute approximate surface area is 209 Å². The van der Waals surface area contributed by atoms with Crippen LogP contribution in [0.25, 0.3) is 0 Å². The first-order valence-electron chi connectivity index (χ1n) is 11.2. The molecule has 2 aromatic carbocycles. The summed E-state index contributed by atoms with van der Waals surface area (Å²) in [6, 6.07) is 19.8. The highest BCUT2D eigenvalue weighted by molar-refractivity contribution is 14.0. The van der Waals surface area contributed by atoms with Crippen molar-refractivity contribution in [2.75, 3.05) is 47.4 Å². The summed E-state index contributed by atoms with van der Waals surface area (Å²) in [6.07, 6.45) is 0.233. The molecule has 4 rings (SSSR count). The maximum absolute atomic E-state index is 6.15. The molecule has 0 amide bonds. The van der Waals surface area contributed by atoms with E-state index in [1.807, 2.05) is 7.05 Å². The number of rotatable bonds is 6. The third-order valence-corrected chi connectivity index (χ3v) is 6.20. The Morgan fingerprint density at radius 2 is 1.78 bits per heavy atom. The maximum atomic E-state index is 6.15. The molecule has 0 aliphatic carbocycles. The Hall–Kier alpha value is -1.68. The van der Waals surface area contributed by atoms with Gasteiger partial charge >= 0.3 is 0 Å². The van der Waals surface area contributed by atoms with Crippen molar-refractivity contribution in [2.24, 2.45) is 4.99 Å². The second-order valence-corrected chi connectivity index (χ2v) is 8.74. The Morgan fingerprint density at radius 1 is 1.06 bits per heavy atom. The van der Waals surface area contributed by atoms with Gasteiger partial charge in [-0.3, -0.25) is 9.89 Å². The van der Waals surface area contributed by atoms with Crippen molar-refractivity contribution >= 4 is 29.9 Å². The summed E-state index contributed by atoms with van der Waals surface area (Å²) in [5.41, 5.74) is 4.03. The van der Waals surface area contributed by atoms with Gasteiger partial charge in [0, 0.05) is 46.3 Å². The van der Waals surface area contributed by atoms with Gasteiger partial charge in [0.2, 0.25) is 0 Å². The summed E-state index contributed by atoms with van der Waals surface area (Å²) in [5, 5.41) is 3.60. The van der Waals surface area contributed by atoms with Crippen molar-refractivity contribution in [2.45, 2.75) is 31.8 Å². The maximum Gasteiger partial charge on any atom is 0.194 e. The molecule has 2 saturated heterocycles. The van der Waals surface area contributed by atoms with E-state index in [0.717, 1.165) is 51.8 Å². The van der Waals surface area contributed by atoms with Gasteiger partial charge in [-0.2, -0.15) is 0 Å². The number of benzene rings is 2. The van der Waals surface area contributed by atoms with Crippen LogP contribution in [0.5, 0.6) is 0 Å². The zero-order valence-corrected chi connectivity index (χ0v) is 21.7. The number of hydrogen-bond donors (Lipinski definition) is 1. The van der Waals surface area contributed by atoms with Crippen LogP contribution in [-0.2, 0) is 24.4 Å². The topological polar surface area (TPSA) is 43.3 Å². The fraction of sp³-hybridized carbons (Fsp3) is 0.480. The number of ether oxygens (including phenoxy) is 1.